The van der Waals surface area contributed by atoms with E-state index in [0.29, 0.717) is 0 Å². The van der Waals surface area contributed by atoms with E-state index in [1.807, 2.05) is 30.3 Å². The minimum Gasteiger partial charge on any atom is -0.485 e. The summed E-state index contributed by atoms with van der Waals surface area (Å²) in [5.41, 5.74) is 1.82. The van der Waals surface area contributed by atoms with E-state index < -0.39 is 16.0 Å². The summed E-state index contributed by atoms with van der Waals surface area (Å²) < 4.78 is 42.7. The third kappa shape index (κ3) is 8.22. The largest absolute Gasteiger partial charge is 0.485 e. The number of hydrogen-bond acceptors (Lipinski definition) is 8. The number of thiazole rings is 1. The number of hydrogen-bond donors (Lipinski definition) is 1. The molecule has 7 nitrogen and oxygen atoms in total. The first-order valence-corrected chi connectivity index (χ1v) is 16.7. The van der Waals surface area contributed by atoms with Gasteiger partial charge in [0.25, 0.3) is 10.0 Å². The zero-order chi connectivity index (χ0) is 28.4. The molecule has 0 saturated carbocycles. The molecule has 1 N–H and O–H groups in total. The predicted molar refractivity (Wildman–Crippen MR) is 163 cm³/mol. The van der Waals surface area contributed by atoms with Crippen molar-refractivity contribution in [2.75, 3.05) is 10.5 Å². The highest BCUT2D eigenvalue weighted by Crippen LogP contribution is 2.38. The normalized spacial score (nSPS) is 11.4. The standard InChI is InChI=1S/C30H34N2O5S3/c1-3-5-6-7-11-19-38-30-31-24-18-17-23(20-27(24)39-30)40(34,35)32-25-15-12-16-26(29(25)37-28(33)4-2)36-21-22-13-9-8-10-14-22/h8-10,12-18,20,32H,3-7,11,19,21H2,1-2H3. The van der Waals surface area contributed by atoms with Crippen LogP contribution in [0.1, 0.15) is 57.9 Å². The Labute approximate surface area is 244 Å². The smallest absolute Gasteiger partial charge is 0.311 e. The lowest BCUT2D eigenvalue weighted by atomic mass is 10.2. The van der Waals surface area contributed by atoms with Crippen molar-refractivity contribution in [1.82, 2.24) is 4.98 Å². The van der Waals surface area contributed by atoms with E-state index in [0.717, 1.165) is 32.3 Å². The number of para-hydroxylation sites is 1. The van der Waals surface area contributed by atoms with Gasteiger partial charge in [-0.1, -0.05) is 87.7 Å². The first-order valence-electron chi connectivity index (χ1n) is 13.5. The molecule has 0 aliphatic heterocycles. The molecule has 0 aliphatic rings. The van der Waals surface area contributed by atoms with Gasteiger partial charge in [0.2, 0.25) is 0 Å². The number of esters is 1. The molecule has 0 bridgehead atoms. The lowest BCUT2D eigenvalue weighted by Gasteiger charge is -2.16. The number of nitrogens with zero attached hydrogens (tertiary/aromatic N) is 1. The zero-order valence-corrected chi connectivity index (χ0v) is 25.2. The fraction of sp³-hybridized carbons (Fsp3) is 0.333. The molecule has 0 saturated heterocycles. The maximum absolute atomic E-state index is 13.4. The first kappa shape index (κ1) is 29.9. The number of unbranched alkanes of at least 4 members (excludes halogenated alkanes) is 4. The number of benzene rings is 3. The Morgan fingerprint density at radius 3 is 2.55 bits per heavy atom. The summed E-state index contributed by atoms with van der Waals surface area (Å²) in [5.74, 6) is 0.793. The second-order valence-electron chi connectivity index (χ2n) is 9.21. The minimum absolute atomic E-state index is 0.0327. The van der Waals surface area contributed by atoms with Crippen molar-refractivity contribution in [3.05, 3.63) is 72.3 Å². The molecule has 0 spiro atoms. The summed E-state index contributed by atoms with van der Waals surface area (Å²) in [5, 5.41) is 0. The molecule has 0 aliphatic carbocycles. The number of ether oxygens (including phenoxy) is 2. The van der Waals surface area contributed by atoms with Crippen LogP contribution in [0.4, 0.5) is 5.69 Å². The molecule has 0 amide bonds. The van der Waals surface area contributed by atoms with Gasteiger partial charge in [-0.05, 0) is 42.3 Å². The van der Waals surface area contributed by atoms with Gasteiger partial charge in [-0.3, -0.25) is 9.52 Å². The van der Waals surface area contributed by atoms with E-state index in [4.69, 9.17) is 9.47 Å². The van der Waals surface area contributed by atoms with E-state index in [2.05, 4.69) is 16.6 Å². The molecule has 212 valence electrons. The van der Waals surface area contributed by atoms with Gasteiger partial charge in [0.1, 0.15) is 6.61 Å². The number of carbonyl (C=O) groups is 1. The van der Waals surface area contributed by atoms with E-state index in [1.165, 1.54) is 43.1 Å². The van der Waals surface area contributed by atoms with Crippen LogP contribution < -0.4 is 14.2 Å². The summed E-state index contributed by atoms with van der Waals surface area (Å²) in [6.45, 7) is 4.11. The molecule has 4 aromatic rings. The first-order chi connectivity index (χ1) is 19.4. The molecule has 1 heterocycles. The maximum atomic E-state index is 13.4. The summed E-state index contributed by atoms with van der Waals surface area (Å²) in [6, 6.07) is 19.3. The van der Waals surface area contributed by atoms with Crippen LogP contribution in [0.2, 0.25) is 0 Å². The number of aromatic nitrogens is 1. The fourth-order valence-electron chi connectivity index (χ4n) is 3.92. The van der Waals surface area contributed by atoms with Gasteiger partial charge in [0, 0.05) is 12.2 Å². The molecule has 4 rings (SSSR count). The van der Waals surface area contributed by atoms with Gasteiger partial charge < -0.3 is 9.47 Å². The zero-order valence-electron chi connectivity index (χ0n) is 22.7. The van der Waals surface area contributed by atoms with E-state index in [-0.39, 0.29) is 35.1 Å². The molecular formula is C30H34N2O5S3. The Morgan fingerprint density at radius 2 is 1.77 bits per heavy atom. The monoisotopic (exact) mass is 598 g/mol. The van der Waals surface area contributed by atoms with Gasteiger partial charge >= 0.3 is 5.97 Å². The molecule has 1 aromatic heterocycles. The molecule has 0 unspecified atom stereocenters. The summed E-state index contributed by atoms with van der Waals surface area (Å²) in [6.07, 6.45) is 6.23. The number of carbonyl (C=O) groups excluding carboxylic acids is 1. The van der Waals surface area contributed by atoms with Crippen molar-refractivity contribution in [2.24, 2.45) is 0 Å². The van der Waals surface area contributed by atoms with Crippen molar-refractivity contribution >= 4 is 55.0 Å². The van der Waals surface area contributed by atoms with E-state index in [1.54, 1.807) is 49.0 Å². The number of nitrogens with one attached hydrogen (secondary N) is 1. The summed E-state index contributed by atoms with van der Waals surface area (Å²) >= 11 is 3.21. The van der Waals surface area contributed by atoms with Gasteiger partial charge in [-0.15, -0.1) is 11.3 Å². The van der Waals surface area contributed by atoms with Crippen LogP contribution >= 0.6 is 23.1 Å². The van der Waals surface area contributed by atoms with Gasteiger partial charge in [-0.2, -0.15) is 0 Å². The second-order valence-corrected chi connectivity index (χ2v) is 13.3. The molecular weight excluding hydrogens is 565 g/mol. The molecule has 0 atom stereocenters. The van der Waals surface area contributed by atoms with E-state index >= 15 is 0 Å². The average Bonchev–Trinajstić information content (AvgIpc) is 3.37. The van der Waals surface area contributed by atoms with Crippen LogP contribution in [0.3, 0.4) is 0 Å². The number of sulfonamides is 1. The van der Waals surface area contributed by atoms with Crippen molar-refractivity contribution in [1.29, 1.82) is 0 Å². The van der Waals surface area contributed by atoms with Gasteiger partial charge in [0.15, 0.2) is 15.8 Å². The Hall–Kier alpha value is -3.08. The third-order valence-electron chi connectivity index (χ3n) is 6.09. The Balaban J connectivity index is 1.52. The summed E-state index contributed by atoms with van der Waals surface area (Å²) in [4.78, 5) is 17.0. The quantitative estimate of drug-likeness (QED) is 0.0640. The molecule has 3 aromatic carbocycles. The van der Waals surface area contributed by atoms with Crippen molar-refractivity contribution < 1.29 is 22.7 Å². The Kier molecular flexibility index (Phi) is 10.9. The van der Waals surface area contributed by atoms with Crippen LogP contribution in [0.25, 0.3) is 10.2 Å². The third-order valence-corrected chi connectivity index (χ3v) is 9.70. The average molecular weight is 599 g/mol. The van der Waals surface area contributed by atoms with Crippen LogP contribution in [-0.4, -0.2) is 25.1 Å². The van der Waals surface area contributed by atoms with Crippen LogP contribution in [0.15, 0.2) is 76.0 Å². The molecule has 10 heteroatoms. The number of thioether (sulfide) groups is 1. The SMILES string of the molecule is CCCCCCCSc1nc2ccc(S(=O)(=O)Nc3cccc(OCc4ccccc4)c3OC(=O)CC)cc2s1. The van der Waals surface area contributed by atoms with Crippen molar-refractivity contribution in [2.45, 2.75) is 68.2 Å². The highest BCUT2D eigenvalue weighted by Gasteiger charge is 2.22. The number of anilines is 1. The van der Waals surface area contributed by atoms with Gasteiger partial charge in [0.05, 0.1) is 20.8 Å². The Bertz CT molecular complexity index is 1520. The fourth-order valence-corrected chi connectivity index (χ4v) is 7.26. The van der Waals surface area contributed by atoms with E-state index in [9.17, 15) is 13.2 Å². The summed E-state index contributed by atoms with van der Waals surface area (Å²) in [7, 11) is -4.00. The van der Waals surface area contributed by atoms with Gasteiger partial charge in [-0.25, -0.2) is 13.4 Å². The van der Waals surface area contributed by atoms with Crippen LogP contribution in [0, 0.1) is 0 Å². The maximum Gasteiger partial charge on any atom is 0.311 e. The van der Waals surface area contributed by atoms with Crippen molar-refractivity contribution in [3.63, 3.8) is 0 Å². The minimum atomic E-state index is -4.00. The molecule has 0 radical (unpaired) electrons. The van der Waals surface area contributed by atoms with Crippen molar-refractivity contribution in [3.8, 4) is 11.5 Å². The highest BCUT2D eigenvalue weighted by atomic mass is 32.2. The highest BCUT2D eigenvalue weighted by molar-refractivity contribution is 8.01. The lowest BCUT2D eigenvalue weighted by molar-refractivity contribution is -0.134. The molecule has 0 fully saturated rings. The second kappa shape index (κ2) is 14.5. The molecule has 40 heavy (non-hydrogen) atoms. The topological polar surface area (TPSA) is 94.6 Å². The predicted octanol–water partition coefficient (Wildman–Crippen LogP) is 8.05. The number of rotatable bonds is 15. The van der Waals surface area contributed by atoms with Crippen LogP contribution in [0.5, 0.6) is 11.5 Å². The van der Waals surface area contributed by atoms with Crippen LogP contribution in [-0.2, 0) is 21.4 Å². The lowest BCUT2D eigenvalue weighted by Crippen LogP contribution is -2.15. The number of fused-ring (bicyclic) bond motifs is 1. The Morgan fingerprint density at radius 1 is 0.975 bits per heavy atom.